The Morgan fingerprint density at radius 3 is 2.24 bits per heavy atom. The normalized spacial score (nSPS) is 11.8. The van der Waals surface area contributed by atoms with Gasteiger partial charge >= 0.3 is 15.6 Å². The van der Waals surface area contributed by atoms with Gasteiger partial charge in [-0.1, -0.05) is 30.3 Å². The van der Waals surface area contributed by atoms with E-state index in [0.717, 1.165) is 12.1 Å². The number of benzene rings is 2. The number of alkyl halides is 3. The summed E-state index contributed by atoms with van der Waals surface area (Å²) in [7, 11) is -6.14. The molecular formula is C15H10F4O5S. The van der Waals surface area contributed by atoms with Gasteiger partial charge in [0.15, 0.2) is 17.8 Å². The van der Waals surface area contributed by atoms with Gasteiger partial charge in [-0.15, -0.1) is 0 Å². The van der Waals surface area contributed by atoms with Gasteiger partial charge in [-0.3, -0.25) is 4.79 Å². The first-order valence-electron chi connectivity index (χ1n) is 6.61. The van der Waals surface area contributed by atoms with Gasteiger partial charge in [0.25, 0.3) is 0 Å². The van der Waals surface area contributed by atoms with Crippen LogP contribution in [-0.4, -0.2) is 20.2 Å². The molecule has 2 rings (SSSR count). The average Bonchev–Trinajstić information content (AvgIpc) is 2.55. The predicted octanol–water partition coefficient (Wildman–Crippen LogP) is 3.45. The molecule has 0 atom stereocenters. The van der Waals surface area contributed by atoms with Gasteiger partial charge in [0, 0.05) is 0 Å². The number of ether oxygens (including phenoxy) is 1. The van der Waals surface area contributed by atoms with Crippen LogP contribution >= 0.6 is 0 Å². The summed E-state index contributed by atoms with van der Waals surface area (Å²) >= 11 is 0. The molecule has 0 N–H and O–H groups in total. The Labute approximate surface area is 139 Å². The number of carbonyl (C=O) groups is 1. The van der Waals surface area contributed by atoms with E-state index in [9.17, 15) is 30.8 Å². The lowest BCUT2D eigenvalue weighted by Crippen LogP contribution is -2.28. The maximum absolute atomic E-state index is 14.3. The number of halogens is 4. The summed E-state index contributed by atoms with van der Waals surface area (Å²) < 4.78 is 82.5. The molecule has 0 aliphatic carbocycles. The van der Waals surface area contributed by atoms with Crippen LogP contribution in [0.25, 0.3) is 0 Å². The molecule has 2 aromatic rings. The zero-order valence-electron chi connectivity index (χ0n) is 12.3. The minimum absolute atomic E-state index is 0.0364. The second-order valence-corrected chi connectivity index (χ2v) is 6.21. The Hall–Kier alpha value is -2.62. The van der Waals surface area contributed by atoms with E-state index in [0.29, 0.717) is 5.56 Å². The van der Waals surface area contributed by atoms with E-state index in [4.69, 9.17) is 4.74 Å². The highest BCUT2D eigenvalue weighted by Crippen LogP contribution is 2.34. The molecular weight excluding hydrogens is 368 g/mol. The SMILES string of the molecule is O=Cc1ccc(OCc2ccccc2)c(F)c1OS(=O)(=O)C(F)(F)F. The highest BCUT2D eigenvalue weighted by atomic mass is 32.2. The topological polar surface area (TPSA) is 69.7 Å². The zero-order valence-corrected chi connectivity index (χ0v) is 13.1. The largest absolute Gasteiger partial charge is 0.534 e. The second-order valence-electron chi connectivity index (χ2n) is 4.67. The average molecular weight is 378 g/mol. The molecule has 0 spiro atoms. The van der Waals surface area contributed by atoms with E-state index in [1.807, 2.05) is 0 Å². The summed E-state index contributed by atoms with van der Waals surface area (Å²) in [4.78, 5) is 10.8. The highest BCUT2D eigenvalue weighted by Gasteiger charge is 2.49. The van der Waals surface area contributed by atoms with Crippen molar-refractivity contribution in [2.24, 2.45) is 0 Å². The first-order valence-corrected chi connectivity index (χ1v) is 8.01. The van der Waals surface area contributed by atoms with Crippen molar-refractivity contribution in [2.45, 2.75) is 12.1 Å². The third kappa shape index (κ3) is 4.27. The van der Waals surface area contributed by atoms with Gasteiger partial charge in [0.2, 0.25) is 5.82 Å². The molecule has 0 radical (unpaired) electrons. The van der Waals surface area contributed by atoms with E-state index >= 15 is 0 Å². The lowest BCUT2D eigenvalue weighted by molar-refractivity contribution is -0.0501. The molecule has 0 aliphatic rings. The van der Waals surface area contributed by atoms with E-state index in [2.05, 4.69) is 4.18 Å². The van der Waals surface area contributed by atoms with Crippen molar-refractivity contribution >= 4 is 16.4 Å². The van der Waals surface area contributed by atoms with Crippen LogP contribution in [-0.2, 0) is 16.7 Å². The molecule has 5 nitrogen and oxygen atoms in total. The summed E-state index contributed by atoms with van der Waals surface area (Å²) in [6.45, 7) is -0.135. The number of hydrogen-bond donors (Lipinski definition) is 0. The number of carbonyl (C=O) groups excluding carboxylic acids is 1. The molecule has 0 bridgehead atoms. The Balaban J connectivity index is 2.34. The van der Waals surface area contributed by atoms with E-state index in [1.54, 1.807) is 30.3 Å². The maximum Gasteiger partial charge on any atom is 0.534 e. The number of rotatable bonds is 6. The molecule has 2 aromatic carbocycles. The summed E-state index contributed by atoms with van der Waals surface area (Å²) in [5, 5.41) is 0. The first-order chi connectivity index (χ1) is 11.7. The summed E-state index contributed by atoms with van der Waals surface area (Å²) in [6.07, 6.45) is -0.0364. The highest BCUT2D eigenvalue weighted by molar-refractivity contribution is 7.88. The van der Waals surface area contributed by atoms with Crippen molar-refractivity contribution in [1.29, 1.82) is 0 Å². The van der Waals surface area contributed by atoms with Crippen LogP contribution in [0.1, 0.15) is 15.9 Å². The van der Waals surface area contributed by atoms with Gasteiger partial charge in [0.1, 0.15) is 6.61 Å². The van der Waals surface area contributed by atoms with E-state index < -0.39 is 38.5 Å². The Morgan fingerprint density at radius 2 is 1.68 bits per heavy atom. The molecule has 25 heavy (non-hydrogen) atoms. The summed E-state index contributed by atoms with van der Waals surface area (Å²) in [6, 6.07) is 10.3. The summed E-state index contributed by atoms with van der Waals surface area (Å²) in [5.41, 5.74) is -5.86. The molecule has 0 aliphatic heterocycles. The van der Waals surface area contributed by atoms with E-state index in [-0.39, 0.29) is 12.9 Å². The van der Waals surface area contributed by atoms with Crippen LogP contribution in [0.15, 0.2) is 42.5 Å². The first kappa shape index (κ1) is 18.7. The minimum Gasteiger partial charge on any atom is -0.486 e. The van der Waals surface area contributed by atoms with Crippen molar-refractivity contribution in [1.82, 2.24) is 0 Å². The molecule has 0 fully saturated rings. The Morgan fingerprint density at radius 1 is 1.04 bits per heavy atom. The standard InChI is InChI=1S/C15H10F4O5S/c16-13-12(23-9-10-4-2-1-3-5-10)7-6-11(8-20)14(13)24-25(21,22)15(17,18)19/h1-8H,9H2. The van der Waals surface area contributed by atoms with Gasteiger partial charge in [-0.05, 0) is 17.7 Å². The molecule has 10 heteroatoms. The van der Waals surface area contributed by atoms with Crippen molar-refractivity contribution in [3.05, 3.63) is 59.4 Å². The predicted molar refractivity (Wildman–Crippen MR) is 78.2 cm³/mol. The van der Waals surface area contributed by atoms with Crippen LogP contribution in [0, 0.1) is 5.82 Å². The Kier molecular flexibility index (Phi) is 5.31. The Bertz CT molecular complexity index is 863. The monoisotopic (exact) mass is 378 g/mol. The molecule has 0 heterocycles. The molecule has 0 aromatic heterocycles. The van der Waals surface area contributed by atoms with Crippen molar-refractivity contribution in [3.8, 4) is 11.5 Å². The fourth-order valence-corrected chi connectivity index (χ4v) is 2.22. The molecule has 0 unspecified atom stereocenters. The fraction of sp³-hybridized carbons (Fsp3) is 0.133. The lowest BCUT2D eigenvalue weighted by Gasteiger charge is -2.14. The fourth-order valence-electron chi connectivity index (χ4n) is 1.73. The van der Waals surface area contributed by atoms with Crippen LogP contribution in [0.4, 0.5) is 17.6 Å². The van der Waals surface area contributed by atoms with E-state index in [1.165, 1.54) is 0 Å². The third-order valence-electron chi connectivity index (χ3n) is 2.93. The summed E-state index contributed by atoms with van der Waals surface area (Å²) in [5.74, 6) is -3.48. The lowest BCUT2D eigenvalue weighted by atomic mass is 10.2. The van der Waals surface area contributed by atoms with Crippen LogP contribution in [0.5, 0.6) is 11.5 Å². The van der Waals surface area contributed by atoms with Crippen LogP contribution in [0.2, 0.25) is 0 Å². The van der Waals surface area contributed by atoms with Crippen molar-refractivity contribution in [3.63, 3.8) is 0 Å². The van der Waals surface area contributed by atoms with Crippen LogP contribution in [0.3, 0.4) is 0 Å². The van der Waals surface area contributed by atoms with Crippen molar-refractivity contribution in [2.75, 3.05) is 0 Å². The zero-order chi connectivity index (χ0) is 18.7. The van der Waals surface area contributed by atoms with Gasteiger partial charge in [-0.25, -0.2) is 0 Å². The smallest absolute Gasteiger partial charge is 0.486 e. The quantitative estimate of drug-likeness (QED) is 0.333. The maximum atomic E-state index is 14.3. The number of hydrogen-bond acceptors (Lipinski definition) is 5. The van der Waals surface area contributed by atoms with Gasteiger partial charge in [-0.2, -0.15) is 26.0 Å². The van der Waals surface area contributed by atoms with Crippen molar-refractivity contribution < 1.29 is 39.7 Å². The van der Waals surface area contributed by atoms with Gasteiger partial charge in [0.05, 0.1) is 5.56 Å². The second kappa shape index (κ2) is 7.09. The molecule has 0 saturated heterocycles. The molecule has 0 amide bonds. The van der Waals surface area contributed by atoms with Gasteiger partial charge < -0.3 is 8.92 Å². The number of aldehydes is 1. The third-order valence-corrected chi connectivity index (χ3v) is 3.89. The van der Waals surface area contributed by atoms with Crippen LogP contribution < -0.4 is 8.92 Å². The molecule has 0 saturated carbocycles. The minimum atomic E-state index is -6.14. The molecule has 134 valence electrons.